The van der Waals surface area contributed by atoms with E-state index in [4.69, 9.17) is 21.1 Å². The minimum absolute atomic E-state index is 0.0450. The van der Waals surface area contributed by atoms with Gasteiger partial charge in [-0.05, 0) is 87.8 Å². The maximum absolute atomic E-state index is 13.8. The number of benzene rings is 1. The summed E-state index contributed by atoms with van der Waals surface area (Å²) in [5.74, 6) is 1.41. The van der Waals surface area contributed by atoms with Crippen LogP contribution in [0.1, 0.15) is 42.7 Å². The van der Waals surface area contributed by atoms with E-state index in [-0.39, 0.29) is 24.2 Å². The van der Waals surface area contributed by atoms with E-state index >= 15 is 0 Å². The van der Waals surface area contributed by atoms with Gasteiger partial charge >= 0.3 is 0 Å². The van der Waals surface area contributed by atoms with E-state index in [9.17, 15) is 9.59 Å². The lowest BCUT2D eigenvalue weighted by Gasteiger charge is -2.33. The maximum Gasteiger partial charge on any atom is 0.242 e. The second-order valence-corrected chi connectivity index (χ2v) is 11.8. The highest BCUT2D eigenvalue weighted by Crippen LogP contribution is 2.28. The molecule has 0 bridgehead atoms. The van der Waals surface area contributed by atoms with E-state index in [2.05, 4.69) is 23.3 Å². The summed E-state index contributed by atoms with van der Waals surface area (Å²) in [6.07, 6.45) is 3.03. The second kappa shape index (κ2) is 14.2. The number of aryl methyl sites for hydroxylation is 1. The van der Waals surface area contributed by atoms with Gasteiger partial charge in [-0.1, -0.05) is 6.07 Å². The lowest BCUT2D eigenvalue weighted by molar-refractivity contribution is -0.145. The molecule has 0 N–H and O–H groups in total. The Hall–Kier alpha value is -2.29. The molecule has 9 heteroatoms. The third-order valence-corrected chi connectivity index (χ3v) is 8.86. The van der Waals surface area contributed by atoms with E-state index in [1.54, 1.807) is 30.5 Å². The lowest BCUT2D eigenvalue weighted by atomic mass is 9.94. The lowest BCUT2D eigenvalue weighted by Crippen LogP contribution is -2.50. The van der Waals surface area contributed by atoms with Crippen LogP contribution in [0.5, 0.6) is 11.5 Å². The van der Waals surface area contributed by atoms with Gasteiger partial charge in [0.15, 0.2) is 11.5 Å². The van der Waals surface area contributed by atoms with Crippen LogP contribution < -0.4 is 9.47 Å². The zero-order chi connectivity index (χ0) is 27.7. The third kappa shape index (κ3) is 8.10. The maximum atomic E-state index is 13.8. The van der Waals surface area contributed by atoms with Crippen LogP contribution in [0.4, 0.5) is 0 Å². The van der Waals surface area contributed by atoms with Crippen LogP contribution in [0.25, 0.3) is 0 Å². The van der Waals surface area contributed by atoms with E-state index in [0.717, 1.165) is 30.1 Å². The number of hydrogen-bond acceptors (Lipinski definition) is 6. The zero-order valence-electron chi connectivity index (χ0n) is 23.4. The zero-order valence-corrected chi connectivity index (χ0v) is 25.0. The number of likely N-dealkylation sites (tertiary alicyclic amines) is 1. The minimum atomic E-state index is -0.734. The Morgan fingerprint density at radius 3 is 2.37 bits per heavy atom. The molecule has 38 heavy (non-hydrogen) atoms. The van der Waals surface area contributed by atoms with Gasteiger partial charge < -0.3 is 24.2 Å². The number of carbonyl (C=O) groups excluding carboxylic acids is 2. The molecule has 0 radical (unpaired) electrons. The van der Waals surface area contributed by atoms with E-state index in [0.29, 0.717) is 37.6 Å². The van der Waals surface area contributed by atoms with Crippen LogP contribution >= 0.6 is 22.9 Å². The van der Waals surface area contributed by atoms with Gasteiger partial charge in [-0.3, -0.25) is 9.59 Å². The van der Waals surface area contributed by atoms with Gasteiger partial charge in [-0.2, -0.15) is 0 Å². The molecule has 0 unspecified atom stereocenters. The summed E-state index contributed by atoms with van der Waals surface area (Å²) in [7, 11) is 3.23. The van der Waals surface area contributed by atoms with Crippen molar-refractivity contribution in [1.82, 2.24) is 14.7 Å². The number of rotatable bonds is 14. The Labute approximate surface area is 236 Å². The molecular formula is C29H42ClN3O4S. The normalized spacial score (nSPS) is 13.9. The molecule has 2 heterocycles. The number of methoxy groups -OCH3 is 2. The van der Waals surface area contributed by atoms with Gasteiger partial charge in [-0.25, -0.2) is 0 Å². The summed E-state index contributed by atoms with van der Waals surface area (Å²) in [5, 5.41) is 2.05. The molecule has 210 valence electrons. The molecular weight excluding hydrogens is 522 g/mol. The van der Waals surface area contributed by atoms with E-state index < -0.39 is 5.41 Å². The number of ether oxygens (including phenoxy) is 2. The molecule has 0 spiro atoms. The van der Waals surface area contributed by atoms with Crippen molar-refractivity contribution in [3.05, 3.63) is 45.6 Å². The van der Waals surface area contributed by atoms with Crippen molar-refractivity contribution in [1.29, 1.82) is 0 Å². The highest BCUT2D eigenvalue weighted by molar-refractivity contribution is 7.10. The van der Waals surface area contributed by atoms with Crippen LogP contribution in [-0.2, 0) is 22.6 Å². The first-order valence-electron chi connectivity index (χ1n) is 13.3. The first-order valence-corrected chi connectivity index (χ1v) is 14.7. The van der Waals surface area contributed by atoms with Gasteiger partial charge in [0.25, 0.3) is 0 Å². The number of halogens is 1. The van der Waals surface area contributed by atoms with Crippen molar-refractivity contribution < 1.29 is 19.1 Å². The highest BCUT2D eigenvalue weighted by Gasteiger charge is 2.33. The Morgan fingerprint density at radius 1 is 1.05 bits per heavy atom. The molecule has 1 fully saturated rings. The Morgan fingerprint density at radius 2 is 1.76 bits per heavy atom. The minimum Gasteiger partial charge on any atom is -0.493 e. The van der Waals surface area contributed by atoms with Gasteiger partial charge in [-0.15, -0.1) is 22.9 Å². The number of alkyl halides is 1. The average molecular weight is 564 g/mol. The van der Waals surface area contributed by atoms with Crippen molar-refractivity contribution in [2.24, 2.45) is 5.41 Å². The van der Waals surface area contributed by atoms with Crippen LogP contribution in [0.2, 0.25) is 0 Å². The molecule has 2 aromatic rings. The Bertz CT molecular complexity index is 1070. The highest BCUT2D eigenvalue weighted by atomic mass is 35.5. The second-order valence-electron chi connectivity index (χ2n) is 10.6. The Kier molecular flexibility index (Phi) is 11.3. The van der Waals surface area contributed by atoms with Crippen LogP contribution in [0, 0.1) is 12.3 Å². The van der Waals surface area contributed by atoms with Crippen molar-refractivity contribution in [2.75, 3.05) is 59.4 Å². The number of thiophene rings is 1. The molecule has 1 aliphatic rings. The first kappa shape index (κ1) is 30.3. The van der Waals surface area contributed by atoms with Crippen LogP contribution in [0.15, 0.2) is 29.6 Å². The smallest absolute Gasteiger partial charge is 0.242 e. The number of hydrogen-bond donors (Lipinski definition) is 0. The number of carbonyl (C=O) groups is 2. The van der Waals surface area contributed by atoms with Crippen LogP contribution in [0.3, 0.4) is 0 Å². The number of amides is 2. The SMILES string of the molecule is COc1ccc(CCN(Cc2sccc2C)C(=O)CN(CCN2CCCC2)C(=O)C(C)(C)CCl)cc1OC. The fourth-order valence-corrected chi connectivity index (χ4v) is 5.64. The van der Waals surface area contributed by atoms with E-state index in [1.807, 2.05) is 36.9 Å². The predicted molar refractivity (Wildman–Crippen MR) is 154 cm³/mol. The first-order chi connectivity index (χ1) is 18.2. The topological polar surface area (TPSA) is 62.3 Å². The quantitative estimate of drug-likeness (QED) is 0.308. The molecule has 0 saturated carbocycles. The fourth-order valence-electron chi connectivity index (χ4n) is 4.60. The Balaban J connectivity index is 1.78. The van der Waals surface area contributed by atoms with Gasteiger partial charge in [0, 0.05) is 30.4 Å². The van der Waals surface area contributed by atoms with Gasteiger partial charge in [0.05, 0.1) is 32.7 Å². The monoisotopic (exact) mass is 563 g/mol. The molecule has 0 aliphatic carbocycles. The molecule has 2 amide bonds. The predicted octanol–water partition coefficient (Wildman–Crippen LogP) is 4.83. The largest absolute Gasteiger partial charge is 0.493 e. The standard InChI is InChI=1S/C29H42ClN3O4S/c1-22-11-17-38-26(22)19-32(14-10-23-8-9-24(36-4)25(18-23)37-5)27(34)20-33(28(35)29(2,3)21-30)16-15-31-12-6-7-13-31/h8-9,11,17-18H,6-7,10,12-16,19-21H2,1-5H3. The van der Waals surface area contributed by atoms with Gasteiger partial charge in [0.2, 0.25) is 11.8 Å². The fraction of sp³-hybridized carbons (Fsp3) is 0.586. The summed E-state index contributed by atoms with van der Waals surface area (Å²) < 4.78 is 10.8. The van der Waals surface area contributed by atoms with Crippen molar-refractivity contribution >= 4 is 34.8 Å². The molecule has 1 aliphatic heterocycles. The van der Waals surface area contributed by atoms with Crippen molar-refractivity contribution in [2.45, 2.75) is 46.6 Å². The van der Waals surface area contributed by atoms with Crippen LogP contribution in [-0.4, -0.2) is 85.9 Å². The summed E-state index contributed by atoms with van der Waals surface area (Å²) in [4.78, 5) is 34.4. The summed E-state index contributed by atoms with van der Waals surface area (Å²) in [6, 6.07) is 7.91. The summed E-state index contributed by atoms with van der Waals surface area (Å²) >= 11 is 7.82. The average Bonchev–Trinajstić information content (AvgIpc) is 3.59. The molecule has 1 saturated heterocycles. The van der Waals surface area contributed by atoms with Crippen molar-refractivity contribution in [3.63, 3.8) is 0 Å². The van der Waals surface area contributed by atoms with Gasteiger partial charge in [0.1, 0.15) is 0 Å². The molecule has 3 rings (SSSR count). The molecule has 7 nitrogen and oxygen atoms in total. The number of nitrogens with zero attached hydrogens (tertiary/aromatic N) is 3. The van der Waals surface area contributed by atoms with Crippen molar-refractivity contribution in [3.8, 4) is 11.5 Å². The molecule has 1 aromatic heterocycles. The third-order valence-electron chi connectivity index (χ3n) is 7.18. The summed E-state index contributed by atoms with van der Waals surface area (Å²) in [6.45, 7) is 10.2. The molecule has 1 aromatic carbocycles. The summed E-state index contributed by atoms with van der Waals surface area (Å²) in [5.41, 5.74) is 1.49. The molecule has 0 atom stereocenters. The van der Waals surface area contributed by atoms with E-state index in [1.165, 1.54) is 18.4 Å².